The zero-order valence-electron chi connectivity index (χ0n) is 11.3. The van der Waals surface area contributed by atoms with Crippen LogP contribution in [0.3, 0.4) is 0 Å². The molecule has 0 amide bonds. The minimum atomic E-state index is -0.493. The first kappa shape index (κ1) is 13.7. The van der Waals surface area contributed by atoms with E-state index >= 15 is 0 Å². The summed E-state index contributed by atoms with van der Waals surface area (Å²) >= 11 is 5.59. The van der Waals surface area contributed by atoms with Crippen LogP contribution in [0, 0.1) is 6.92 Å². The largest absolute Gasteiger partial charge is 0.339 e. The maximum Gasteiger partial charge on any atom is 0.252 e. The van der Waals surface area contributed by atoms with E-state index in [0.717, 1.165) is 11.1 Å². The van der Waals surface area contributed by atoms with Gasteiger partial charge in [-0.3, -0.25) is 4.79 Å². The molecule has 0 spiro atoms. The fourth-order valence-corrected chi connectivity index (χ4v) is 1.83. The number of nitrogens with zero attached hydrogens (tertiary/aromatic N) is 2. The lowest BCUT2D eigenvalue weighted by Crippen LogP contribution is -2.12. The molecule has 0 aliphatic rings. The zero-order valence-corrected chi connectivity index (χ0v) is 12.1. The van der Waals surface area contributed by atoms with Crippen molar-refractivity contribution < 1.29 is 9.32 Å². The molecule has 0 bridgehead atoms. The monoisotopic (exact) mass is 278 g/mol. The summed E-state index contributed by atoms with van der Waals surface area (Å²) < 4.78 is 4.97. The van der Waals surface area contributed by atoms with Crippen molar-refractivity contribution in [3.05, 3.63) is 35.2 Å². The molecule has 5 heteroatoms. The maximum absolute atomic E-state index is 11.4. The number of carbonyl (C=O) groups excluding carboxylic acids is 1. The molecule has 2 rings (SSSR count). The summed E-state index contributed by atoms with van der Waals surface area (Å²) in [7, 11) is 0. The SMILES string of the molecule is Cc1nc(-c2cc(C(=O)Cl)cc(C(C)(C)C)c2)no1. The van der Waals surface area contributed by atoms with Crippen molar-refractivity contribution in [1.82, 2.24) is 10.1 Å². The third-order valence-corrected chi connectivity index (χ3v) is 3.03. The summed E-state index contributed by atoms with van der Waals surface area (Å²) in [6.45, 7) is 7.92. The molecular formula is C14H15ClN2O2. The van der Waals surface area contributed by atoms with Crippen LogP contribution >= 0.6 is 11.6 Å². The molecule has 0 atom stereocenters. The first-order valence-electron chi connectivity index (χ1n) is 5.93. The minimum absolute atomic E-state index is 0.101. The number of aryl methyl sites for hydroxylation is 1. The van der Waals surface area contributed by atoms with Crippen LogP contribution in [0.4, 0.5) is 0 Å². The highest BCUT2D eigenvalue weighted by atomic mass is 35.5. The van der Waals surface area contributed by atoms with Gasteiger partial charge in [0.2, 0.25) is 11.7 Å². The van der Waals surface area contributed by atoms with Crippen molar-refractivity contribution in [3.8, 4) is 11.4 Å². The van der Waals surface area contributed by atoms with Crippen molar-refractivity contribution in [2.45, 2.75) is 33.1 Å². The number of hydrogen-bond donors (Lipinski definition) is 0. The smallest absolute Gasteiger partial charge is 0.252 e. The summed E-state index contributed by atoms with van der Waals surface area (Å²) in [5.74, 6) is 0.942. The van der Waals surface area contributed by atoms with Crippen LogP contribution in [-0.4, -0.2) is 15.4 Å². The van der Waals surface area contributed by atoms with Gasteiger partial charge in [-0.25, -0.2) is 0 Å². The number of aromatic nitrogens is 2. The fraction of sp³-hybridized carbons (Fsp3) is 0.357. The van der Waals surface area contributed by atoms with Gasteiger partial charge in [-0.15, -0.1) is 0 Å². The quantitative estimate of drug-likeness (QED) is 0.786. The van der Waals surface area contributed by atoms with Gasteiger partial charge in [0.15, 0.2) is 0 Å². The summed E-state index contributed by atoms with van der Waals surface area (Å²) in [6, 6.07) is 5.42. The van der Waals surface area contributed by atoms with E-state index in [1.54, 1.807) is 19.1 Å². The van der Waals surface area contributed by atoms with Crippen molar-refractivity contribution in [2.75, 3.05) is 0 Å². The Balaban J connectivity index is 2.61. The van der Waals surface area contributed by atoms with E-state index in [1.165, 1.54) is 0 Å². The molecule has 0 saturated carbocycles. The van der Waals surface area contributed by atoms with Gasteiger partial charge in [-0.05, 0) is 40.8 Å². The Bertz CT molecular complexity index is 627. The van der Waals surface area contributed by atoms with Gasteiger partial charge in [0.05, 0.1) is 0 Å². The van der Waals surface area contributed by atoms with Gasteiger partial charge < -0.3 is 4.52 Å². The lowest BCUT2D eigenvalue weighted by molar-refractivity contribution is 0.108. The zero-order chi connectivity index (χ0) is 14.2. The molecule has 19 heavy (non-hydrogen) atoms. The number of halogens is 1. The number of rotatable bonds is 2. The Hall–Kier alpha value is -1.68. The molecular weight excluding hydrogens is 264 g/mol. The Morgan fingerprint density at radius 1 is 1.26 bits per heavy atom. The van der Waals surface area contributed by atoms with Crippen molar-refractivity contribution in [1.29, 1.82) is 0 Å². The standard InChI is InChI=1S/C14H15ClN2O2/c1-8-16-13(17-19-8)10-5-9(12(15)18)6-11(7-10)14(2,3)4/h5-7H,1-4H3. The Morgan fingerprint density at radius 3 is 2.42 bits per heavy atom. The average Bonchev–Trinajstić information content (AvgIpc) is 2.74. The molecule has 0 aliphatic heterocycles. The fourth-order valence-electron chi connectivity index (χ4n) is 1.72. The van der Waals surface area contributed by atoms with Crippen LogP contribution in [-0.2, 0) is 5.41 Å². The normalized spacial score (nSPS) is 11.6. The van der Waals surface area contributed by atoms with Crippen LogP contribution in [0.15, 0.2) is 22.7 Å². The van der Waals surface area contributed by atoms with Gasteiger partial charge in [0.1, 0.15) is 0 Å². The minimum Gasteiger partial charge on any atom is -0.339 e. The molecule has 2 aromatic rings. The molecule has 0 aliphatic carbocycles. The second-order valence-electron chi connectivity index (χ2n) is 5.46. The van der Waals surface area contributed by atoms with E-state index in [2.05, 4.69) is 30.9 Å². The first-order chi connectivity index (χ1) is 8.77. The topological polar surface area (TPSA) is 56.0 Å². The lowest BCUT2D eigenvalue weighted by atomic mass is 9.85. The molecule has 1 aromatic heterocycles. The van der Waals surface area contributed by atoms with Gasteiger partial charge in [0, 0.05) is 18.1 Å². The van der Waals surface area contributed by atoms with E-state index < -0.39 is 5.24 Å². The highest BCUT2D eigenvalue weighted by Crippen LogP contribution is 2.28. The first-order valence-corrected chi connectivity index (χ1v) is 6.31. The molecule has 0 unspecified atom stereocenters. The number of hydrogen-bond acceptors (Lipinski definition) is 4. The second-order valence-corrected chi connectivity index (χ2v) is 5.80. The summed E-state index contributed by atoms with van der Waals surface area (Å²) in [5, 5.41) is 3.38. The molecule has 4 nitrogen and oxygen atoms in total. The third kappa shape index (κ3) is 3.01. The van der Waals surface area contributed by atoms with Crippen molar-refractivity contribution >= 4 is 16.8 Å². The highest BCUT2D eigenvalue weighted by molar-refractivity contribution is 6.67. The predicted molar refractivity (Wildman–Crippen MR) is 73.4 cm³/mol. The van der Waals surface area contributed by atoms with Gasteiger partial charge in [-0.2, -0.15) is 4.98 Å². The summed E-state index contributed by atoms with van der Waals surface area (Å²) in [4.78, 5) is 15.6. The highest BCUT2D eigenvalue weighted by Gasteiger charge is 2.19. The molecule has 0 N–H and O–H groups in total. The van der Waals surface area contributed by atoms with E-state index in [9.17, 15) is 4.79 Å². The van der Waals surface area contributed by atoms with E-state index in [1.807, 2.05) is 6.07 Å². The van der Waals surface area contributed by atoms with Crippen LogP contribution in [0.25, 0.3) is 11.4 Å². The van der Waals surface area contributed by atoms with Crippen molar-refractivity contribution in [2.24, 2.45) is 0 Å². The van der Waals surface area contributed by atoms with Crippen molar-refractivity contribution in [3.63, 3.8) is 0 Å². The van der Waals surface area contributed by atoms with Gasteiger partial charge in [-0.1, -0.05) is 25.9 Å². The third-order valence-electron chi connectivity index (χ3n) is 2.81. The van der Waals surface area contributed by atoms with E-state index in [0.29, 0.717) is 17.3 Å². The Labute approximate surface area is 116 Å². The van der Waals surface area contributed by atoms with E-state index in [-0.39, 0.29) is 5.41 Å². The van der Waals surface area contributed by atoms with E-state index in [4.69, 9.17) is 16.1 Å². The Kier molecular flexibility index (Phi) is 3.45. The molecule has 0 fully saturated rings. The van der Waals surface area contributed by atoms with Gasteiger partial charge in [0.25, 0.3) is 5.24 Å². The lowest BCUT2D eigenvalue weighted by Gasteiger charge is -2.20. The van der Waals surface area contributed by atoms with Crippen LogP contribution in [0.1, 0.15) is 42.6 Å². The molecule has 100 valence electrons. The number of carbonyl (C=O) groups is 1. The van der Waals surface area contributed by atoms with Crippen LogP contribution < -0.4 is 0 Å². The molecule has 0 radical (unpaired) electrons. The Morgan fingerprint density at radius 2 is 1.95 bits per heavy atom. The van der Waals surface area contributed by atoms with Crippen LogP contribution in [0.5, 0.6) is 0 Å². The second kappa shape index (κ2) is 4.78. The summed E-state index contributed by atoms with van der Waals surface area (Å²) in [6.07, 6.45) is 0. The molecule has 0 saturated heterocycles. The van der Waals surface area contributed by atoms with Crippen LogP contribution in [0.2, 0.25) is 0 Å². The summed E-state index contributed by atoms with van der Waals surface area (Å²) in [5.41, 5.74) is 2.06. The molecule has 1 aromatic carbocycles. The average molecular weight is 279 g/mol. The number of benzene rings is 1. The maximum atomic E-state index is 11.4. The predicted octanol–water partition coefficient (Wildman–Crippen LogP) is 3.72. The van der Waals surface area contributed by atoms with Gasteiger partial charge >= 0.3 is 0 Å². The molecule has 1 heterocycles.